The normalized spacial score (nSPS) is 14.6. The highest BCUT2D eigenvalue weighted by Gasteiger charge is 2.34. The third-order valence-corrected chi connectivity index (χ3v) is 6.17. The summed E-state index contributed by atoms with van der Waals surface area (Å²) in [4.78, 5) is 22.3. The first-order chi connectivity index (χ1) is 12.8. The molecule has 1 aromatic heterocycles. The van der Waals surface area contributed by atoms with E-state index in [-0.39, 0.29) is 36.0 Å². The molecule has 0 aliphatic carbocycles. The number of nitrogens with zero attached hydrogens (tertiary/aromatic N) is 4. The maximum absolute atomic E-state index is 12.9. The van der Waals surface area contributed by atoms with Crippen LogP contribution in [0.25, 0.3) is 0 Å². The van der Waals surface area contributed by atoms with Crippen molar-refractivity contribution in [1.82, 2.24) is 14.1 Å². The van der Waals surface area contributed by atoms with E-state index in [9.17, 15) is 23.3 Å². The number of hydrogen-bond donors (Lipinski definition) is 0. The van der Waals surface area contributed by atoms with Gasteiger partial charge in [0, 0.05) is 44.3 Å². The number of fused-ring (bicyclic) bond motifs is 1. The molecule has 1 aliphatic heterocycles. The van der Waals surface area contributed by atoms with Gasteiger partial charge in [-0.2, -0.15) is 9.40 Å². The molecule has 0 saturated carbocycles. The van der Waals surface area contributed by atoms with E-state index in [0.29, 0.717) is 17.7 Å². The maximum atomic E-state index is 12.9. The fraction of sp³-hybridized carbons (Fsp3) is 0.375. The summed E-state index contributed by atoms with van der Waals surface area (Å²) in [5, 5.41) is 15.0. The van der Waals surface area contributed by atoms with Crippen LogP contribution in [0.2, 0.25) is 0 Å². The molecule has 0 fully saturated rings. The van der Waals surface area contributed by atoms with Gasteiger partial charge in [0.15, 0.2) is 5.69 Å². The smallest absolute Gasteiger partial charge is 0.356 e. The van der Waals surface area contributed by atoms with Gasteiger partial charge >= 0.3 is 5.97 Å². The number of hydrogen-bond acceptors (Lipinski definition) is 7. The van der Waals surface area contributed by atoms with E-state index < -0.39 is 20.9 Å². The molecule has 27 heavy (non-hydrogen) atoms. The quantitative estimate of drug-likeness (QED) is 0.424. The lowest BCUT2D eigenvalue weighted by Gasteiger charge is -2.26. The lowest BCUT2D eigenvalue weighted by molar-refractivity contribution is -0.384. The molecular formula is C16H18N4O6S. The van der Waals surface area contributed by atoms with E-state index in [0.717, 1.165) is 12.1 Å². The van der Waals surface area contributed by atoms with E-state index in [1.807, 2.05) is 0 Å². The van der Waals surface area contributed by atoms with Gasteiger partial charge in [-0.3, -0.25) is 14.8 Å². The second kappa shape index (κ2) is 7.08. The van der Waals surface area contributed by atoms with Crippen molar-refractivity contribution in [3.05, 3.63) is 51.3 Å². The van der Waals surface area contributed by atoms with Crippen LogP contribution in [0.5, 0.6) is 0 Å². The average molecular weight is 394 g/mol. The first-order valence-electron chi connectivity index (χ1n) is 8.22. The fourth-order valence-corrected chi connectivity index (χ4v) is 4.43. The molecule has 0 spiro atoms. The number of ether oxygens (including phenoxy) is 1. The van der Waals surface area contributed by atoms with Crippen molar-refractivity contribution >= 4 is 21.7 Å². The van der Waals surface area contributed by atoms with Crippen LogP contribution in [0.3, 0.4) is 0 Å². The Labute approximate surface area is 155 Å². The third kappa shape index (κ3) is 3.43. The third-order valence-electron chi connectivity index (χ3n) is 4.32. The molecule has 2 heterocycles. The number of non-ortho nitro benzene ring substituents is 1. The van der Waals surface area contributed by atoms with Crippen molar-refractivity contribution in [2.24, 2.45) is 7.05 Å². The van der Waals surface area contributed by atoms with Crippen molar-refractivity contribution in [2.75, 3.05) is 13.2 Å². The zero-order valence-electron chi connectivity index (χ0n) is 14.8. The summed E-state index contributed by atoms with van der Waals surface area (Å²) in [6, 6.07) is 4.71. The highest BCUT2D eigenvalue weighted by molar-refractivity contribution is 7.89. The van der Waals surface area contributed by atoms with Gasteiger partial charge in [-0.15, -0.1) is 0 Å². The Balaban J connectivity index is 1.92. The van der Waals surface area contributed by atoms with Gasteiger partial charge in [0.1, 0.15) is 0 Å². The SMILES string of the molecule is CCOC(=O)c1c2c(nn1C)CCN(S(=O)(=O)c1ccc([N+](=O)[O-])cc1)C2. The van der Waals surface area contributed by atoms with Crippen LogP contribution in [-0.4, -0.2) is 46.5 Å². The van der Waals surface area contributed by atoms with Gasteiger partial charge in [0.05, 0.1) is 22.1 Å². The van der Waals surface area contributed by atoms with Crippen molar-refractivity contribution < 1.29 is 22.9 Å². The van der Waals surface area contributed by atoms with Gasteiger partial charge in [-0.1, -0.05) is 0 Å². The number of rotatable bonds is 5. The van der Waals surface area contributed by atoms with Crippen LogP contribution in [-0.2, 0) is 34.8 Å². The zero-order chi connectivity index (χ0) is 19.8. The molecule has 144 valence electrons. The van der Waals surface area contributed by atoms with E-state index >= 15 is 0 Å². The van der Waals surface area contributed by atoms with Crippen LogP contribution >= 0.6 is 0 Å². The number of benzene rings is 1. The van der Waals surface area contributed by atoms with Crippen LogP contribution in [0, 0.1) is 10.1 Å². The first-order valence-corrected chi connectivity index (χ1v) is 9.66. The number of nitro benzene ring substituents is 1. The zero-order valence-corrected chi connectivity index (χ0v) is 15.6. The fourth-order valence-electron chi connectivity index (χ4n) is 3.03. The molecule has 1 aliphatic rings. The average Bonchev–Trinajstić information content (AvgIpc) is 2.96. The summed E-state index contributed by atoms with van der Waals surface area (Å²) in [6.45, 7) is 2.07. The van der Waals surface area contributed by atoms with Gasteiger partial charge < -0.3 is 4.74 Å². The number of nitro groups is 1. The Morgan fingerprint density at radius 1 is 1.33 bits per heavy atom. The summed E-state index contributed by atoms with van der Waals surface area (Å²) in [5.74, 6) is -0.552. The summed E-state index contributed by atoms with van der Waals surface area (Å²) in [7, 11) is -2.26. The van der Waals surface area contributed by atoms with Crippen LogP contribution in [0.1, 0.15) is 28.7 Å². The molecule has 3 rings (SSSR count). The van der Waals surface area contributed by atoms with Crippen LogP contribution < -0.4 is 0 Å². The summed E-state index contributed by atoms with van der Waals surface area (Å²) < 4.78 is 33.5. The second-order valence-electron chi connectivity index (χ2n) is 5.96. The van der Waals surface area contributed by atoms with Crippen molar-refractivity contribution in [2.45, 2.75) is 24.8 Å². The predicted octanol–water partition coefficient (Wildman–Crippen LogP) is 1.25. The molecule has 0 saturated heterocycles. The monoisotopic (exact) mass is 394 g/mol. The van der Waals surface area contributed by atoms with E-state index in [1.54, 1.807) is 14.0 Å². The number of sulfonamides is 1. The van der Waals surface area contributed by atoms with Crippen molar-refractivity contribution in [3.63, 3.8) is 0 Å². The molecule has 2 aromatic rings. The van der Waals surface area contributed by atoms with Crippen molar-refractivity contribution in [1.29, 1.82) is 0 Å². The van der Waals surface area contributed by atoms with Gasteiger partial charge in [0.25, 0.3) is 5.69 Å². The summed E-state index contributed by atoms with van der Waals surface area (Å²) in [5.41, 5.74) is 1.23. The Morgan fingerprint density at radius 3 is 2.59 bits per heavy atom. The molecule has 11 heteroatoms. The Kier molecular flexibility index (Phi) is 4.98. The van der Waals surface area contributed by atoms with E-state index in [1.165, 1.54) is 21.1 Å². The highest BCUT2D eigenvalue weighted by Crippen LogP contribution is 2.28. The van der Waals surface area contributed by atoms with Crippen LogP contribution in [0.15, 0.2) is 29.2 Å². The molecule has 0 N–H and O–H groups in total. The molecule has 0 atom stereocenters. The van der Waals surface area contributed by atoms with E-state index in [2.05, 4.69) is 5.10 Å². The Hall–Kier alpha value is -2.79. The minimum absolute atomic E-state index is 0.0172. The van der Waals surface area contributed by atoms with Gasteiger partial charge in [-0.25, -0.2) is 13.2 Å². The first kappa shape index (κ1) is 19.0. The Morgan fingerprint density at radius 2 is 2.00 bits per heavy atom. The largest absolute Gasteiger partial charge is 0.461 e. The topological polar surface area (TPSA) is 125 Å². The highest BCUT2D eigenvalue weighted by atomic mass is 32.2. The molecule has 0 amide bonds. The number of carbonyl (C=O) groups is 1. The number of aromatic nitrogens is 2. The van der Waals surface area contributed by atoms with E-state index in [4.69, 9.17) is 4.74 Å². The summed E-state index contributed by atoms with van der Waals surface area (Å²) in [6.07, 6.45) is 0.356. The minimum Gasteiger partial charge on any atom is -0.461 e. The van der Waals surface area contributed by atoms with Crippen LogP contribution in [0.4, 0.5) is 5.69 Å². The minimum atomic E-state index is -3.87. The lowest BCUT2D eigenvalue weighted by atomic mass is 10.1. The molecule has 0 bridgehead atoms. The predicted molar refractivity (Wildman–Crippen MR) is 93.6 cm³/mol. The molecule has 0 unspecified atom stereocenters. The summed E-state index contributed by atoms with van der Waals surface area (Å²) >= 11 is 0. The Bertz CT molecular complexity index is 997. The second-order valence-corrected chi connectivity index (χ2v) is 7.90. The molecule has 0 radical (unpaired) electrons. The van der Waals surface area contributed by atoms with Gasteiger partial charge in [-0.05, 0) is 19.1 Å². The maximum Gasteiger partial charge on any atom is 0.356 e. The number of carbonyl (C=O) groups excluding carboxylic acids is 1. The molecule has 1 aromatic carbocycles. The number of esters is 1. The number of aryl methyl sites for hydroxylation is 1. The standard InChI is InChI=1S/C16H18N4O6S/c1-3-26-16(21)15-13-10-19(9-8-14(13)17-18(15)2)27(24,25)12-6-4-11(5-7-12)20(22)23/h4-7H,3,8-10H2,1-2H3. The van der Waals surface area contributed by atoms with Gasteiger partial charge in [0.2, 0.25) is 10.0 Å². The molecule has 10 nitrogen and oxygen atoms in total. The molecular weight excluding hydrogens is 376 g/mol. The lowest BCUT2D eigenvalue weighted by Crippen LogP contribution is -2.36. The van der Waals surface area contributed by atoms with Crippen molar-refractivity contribution in [3.8, 4) is 0 Å².